The predicted octanol–water partition coefficient (Wildman–Crippen LogP) is 2.85. The molecule has 0 aromatic heterocycles. The molecular formula is C16H20FNO3. The summed E-state index contributed by atoms with van der Waals surface area (Å²) in [6.07, 6.45) is 2.92. The minimum atomic E-state index is -1.07. The fourth-order valence-electron chi connectivity index (χ4n) is 2.08. The molecule has 1 amide bonds. The molecule has 5 heteroatoms. The highest BCUT2D eigenvalue weighted by Gasteiger charge is 2.24. The number of carboxylic acids is 1. The fraction of sp³-hybridized carbons (Fsp3) is 0.375. The first kappa shape index (κ1) is 16.9. The van der Waals surface area contributed by atoms with Crippen LogP contribution in [0.2, 0.25) is 0 Å². The molecule has 114 valence electrons. The number of hydrogen-bond donors (Lipinski definition) is 2. The molecule has 0 aliphatic heterocycles. The second-order valence-corrected chi connectivity index (χ2v) is 4.78. The van der Waals surface area contributed by atoms with Gasteiger partial charge in [-0.05, 0) is 37.0 Å². The van der Waals surface area contributed by atoms with Crippen molar-refractivity contribution in [3.8, 4) is 0 Å². The van der Waals surface area contributed by atoms with Crippen molar-refractivity contribution in [2.45, 2.75) is 38.1 Å². The highest BCUT2D eigenvalue weighted by atomic mass is 19.1. The van der Waals surface area contributed by atoms with Gasteiger partial charge < -0.3 is 10.4 Å². The van der Waals surface area contributed by atoms with Gasteiger partial charge in [0.15, 0.2) is 0 Å². The highest BCUT2D eigenvalue weighted by Crippen LogP contribution is 2.20. The molecule has 2 N–H and O–H groups in total. The molecule has 2 atom stereocenters. The Morgan fingerprint density at radius 3 is 2.48 bits per heavy atom. The maximum Gasteiger partial charge on any atom is 0.326 e. The fourth-order valence-corrected chi connectivity index (χ4v) is 2.08. The van der Waals surface area contributed by atoms with Crippen LogP contribution >= 0.6 is 0 Å². The van der Waals surface area contributed by atoms with Crippen molar-refractivity contribution < 1.29 is 19.1 Å². The third-order valence-electron chi connectivity index (χ3n) is 3.27. The Kier molecular flexibility index (Phi) is 6.59. The van der Waals surface area contributed by atoms with E-state index < -0.39 is 17.9 Å². The minimum Gasteiger partial charge on any atom is -0.480 e. The average molecular weight is 293 g/mol. The van der Waals surface area contributed by atoms with Crippen molar-refractivity contribution in [3.63, 3.8) is 0 Å². The van der Waals surface area contributed by atoms with Crippen LogP contribution in [-0.2, 0) is 9.59 Å². The Hall–Kier alpha value is -2.17. The number of nitrogens with one attached hydrogen (secondary N) is 1. The topological polar surface area (TPSA) is 66.4 Å². The van der Waals surface area contributed by atoms with Crippen LogP contribution in [-0.4, -0.2) is 23.0 Å². The Bertz CT molecular complexity index is 499. The van der Waals surface area contributed by atoms with E-state index in [2.05, 4.69) is 11.9 Å². The lowest BCUT2D eigenvalue weighted by molar-refractivity contribution is -0.142. The van der Waals surface area contributed by atoms with E-state index in [1.807, 2.05) is 6.92 Å². The molecule has 0 spiro atoms. The lowest BCUT2D eigenvalue weighted by atomic mass is 9.95. The Morgan fingerprint density at radius 2 is 2.00 bits per heavy atom. The van der Waals surface area contributed by atoms with E-state index in [-0.39, 0.29) is 11.7 Å². The van der Waals surface area contributed by atoms with E-state index >= 15 is 0 Å². The van der Waals surface area contributed by atoms with Gasteiger partial charge in [0.25, 0.3) is 0 Å². The largest absolute Gasteiger partial charge is 0.480 e. The quantitative estimate of drug-likeness (QED) is 0.724. The lowest BCUT2D eigenvalue weighted by Gasteiger charge is -2.19. The van der Waals surface area contributed by atoms with Crippen LogP contribution in [0.5, 0.6) is 0 Å². The van der Waals surface area contributed by atoms with E-state index in [1.165, 1.54) is 12.1 Å². The van der Waals surface area contributed by atoms with E-state index in [1.54, 1.807) is 18.2 Å². The van der Waals surface area contributed by atoms with E-state index in [0.29, 0.717) is 24.8 Å². The Labute approximate surface area is 123 Å². The summed E-state index contributed by atoms with van der Waals surface area (Å²) in [4.78, 5) is 23.4. The molecule has 0 saturated heterocycles. The smallest absolute Gasteiger partial charge is 0.326 e. The summed E-state index contributed by atoms with van der Waals surface area (Å²) in [6.45, 7) is 5.36. The molecule has 0 aliphatic rings. The first-order valence-electron chi connectivity index (χ1n) is 6.89. The summed E-state index contributed by atoms with van der Waals surface area (Å²) in [5.74, 6) is -2.29. The molecule has 2 unspecified atom stereocenters. The lowest BCUT2D eigenvalue weighted by Crippen LogP contribution is -2.42. The average Bonchev–Trinajstić information content (AvgIpc) is 2.46. The number of aliphatic carboxylic acids is 1. The Morgan fingerprint density at radius 1 is 1.38 bits per heavy atom. The summed E-state index contributed by atoms with van der Waals surface area (Å²) >= 11 is 0. The van der Waals surface area contributed by atoms with Gasteiger partial charge in [0.1, 0.15) is 11.9 Å². The van der Waals surface area contributed by atoms with E-state index in [4.69, 9.17) is 5.11 Å². The molecule has 0 heterocycles. The van der Waals surface area contributed by atoms with Crippen molar-refractivity contribution in [2.24, 2.45) is 0 Å². The normalized spacial score (nSPS) is 13.2. The number of carbonyl (C=O) groups excluding carboxylic acids is 1. The molecule has 1 aromatic rings. The molecule has 0 fully saturated rings. The summed E-state index contributed by atoms with van der Waals surface area (Å²) in [5, 5.41) is 11.6. The summed E-state index contributed by atoms with van der Waals surface area (Å²) < 4.78 is 12.9. The van der Waals surface area contributed by atoms with Crippen LogP contribution < -0.4 is 5.32 Å². The molecule has 21 heavy (non-hydrogen) atoms. The molecule has 4 nitrogen and oxygen atoms in total. The van der Waals surface area contributed by atoms with Crippen LogP contribution in [0.1, 0.15) is 37.7 Å². The summed E-state index contributed by atoms with van der Waals surface area (Å²) in [7, 11) is 0. The SMILES string of the molecule is C=CCCC(NC(=O)C(CC)c1ccc(F)cc1)C(=O)O. The zero-order valence-corrected chi connectivity index (χ0v) is 12.0. The third kappa shape index (κ3) is 5.02. The number of rotatable bonds is 8. The van der Waals surface area contributed by atoms with Crippen LogP contribution in [0.4, 0.5) is 4.39 Å². The van der Waals surface area contributed by atoms with Crippen LogP contribution in [0.15, 0.2) is 36.9 Å². The van der Waals surface area contributed by atoms with Gasteiger partial charge in [0.05, 0.1) is 5.92 Å². The van der Waals surface area contributed by atoms with Crippen LogP contribution in [0.3, 0.4) is 0 Å². The summed E-state index contributed by atoms with van der Waals surface area (Å²) in [5.41, 5.74) is 0.671. The molecule has 0 saturated carbocycles. The number of amides is 1. The van der Waals surface area contributed by atoms with Crippen molar-refractivity contribution in [1.82, 2.24) is 5.32 Å². The van der Waals surface area contributed by atoms with Crippen molar-refractivity contribution in [2.75, 3.05) is 0 Å². The minimum absolute atomic E-state index is 0.296. The number of carbonyl (C=O) groups is 2. The molecular weight excluding hydrogens is 273 g/mol. The standard InChI is InChI=1S/C16H20FNO3/c1-3-5-6-14(16(20)21)18-15(19)13(4-2)11-7-9-12(17)10-8-11/h3,7-10,13-14H,1,4-6H2,2H3,(H,18,19)(H,20,21). The van der Waals surface area contributed by atoms with Gasteiger partial charge in [-0.15, -0.1) is 6.58 Å². The highest BCUT2D eigenvalue weighted by molar-refractivity contribution is 5.88. The zero-order chi connectivity index (χ0) is 15.8. The maximum absolute atomic E-state index is 12.9. The van der Waals surface area contributed by atoms with Gasteiger partial charge in [0.2, 0.25) is 5.91 Å². The molecule has 0 radical (unpaired) electrons. The van der Waals surface area contributed by atoms with Gasteiger partial charge in [-0.3, -0.25) is 4.79 Å². The van der Waals surface area contributed by atoms with E-state index in [9.17, 15) is 14.0 Å². The molecule has 0 aliphatic carbocycles. The van der Waals surface area contributed by atoms with Crippen LogP contribution in [0, 0.1) is 5.82 Å². The first-order valence-corrected chi connectivity index (χ1v) is 6.89. The second kappa shape index (κ2) is 8.19. The monoisotopic (exact) mass is 293 g/mol. The Balaban J connectivity index is 2.80. The number of halogens is 1. The number of carboxylic acid groups (broad SMARTS) is 1. The molecule has 1 aromatic carbocycles. The molecule has 1 rings (SSSR count). The van der Waals surface area contributed by atoms with Crippen molar-refractivity contribution >= 4 is 11.9 Å². The first-order chi connectivity index (χ1) is 9.99. The molecule has 0 bridgehead atoms. The zero-order valence-electron chi connectivity index (χ0n) is 12.0. The number of allylic oxidation sites excluding steroid dienone is 1. The van der Waals surface area contributed by atoms with E-state index in [0.717, 1.165) is 0 Å². The van der Waals surface area contributed by atoms with Gasteiger partial charge in [-0.1, -0.05) is 25.1 Å². The van der Waals surface area contributed by atoms with Crippen LogP contribution in [0.25, 0.3) is 0 Å². The van der Waals surface area contributed by atoms with Gasteiger partial charge in [-0.25, -0.2) is 9.18 Å². The van der Waals surface area contributed by atoms with Crippen molar-refractivity contribution in [3.05, 3.63) is 48.3 Å². The summed E-state index contributed by atoms with van der Waals surface area (Å²) in [6, 6.07) is 4.73. The number of hydrogen-bond acceptors (Lipinski definition) is 2. The number of benzene rings is 1. The predicted molar refractivity (Wildman–Crippen MR) is 78.4 cm³/mol. The second-order valence-electron chi connectivity index (χ2n) is 4.78. The third-order valence-corrected chi connectivity index (χ3v) is 3.27. The van der Waals surface area contributed by atoms with Crippen molar-refractivity contribution in [1.29, 1.82) is 0 Å². The van der Waals surface area contributed by atoms with Gasteiger partial charge in [-0.2, -0.15) is 0 Å². The van der Waals surface area contributed by atoms with Gasteiger partial charge >= 0.3 is 5.97 Å². The van der Waals surface area contributed by atoms with Gasteiger partial charge in [0, 0.05) is 0 Å². The maximum atomic E-state index is 12.9.